The van der Waals surface area contributed by atoms with Crippen LogP contribution >= 0.6 is 11.8 Å². The smallest absolute Gasteiger partial charge is 0.351 e. The molecule has 136 valence electrons. The van der Waals surface area contributed by atoms with E-state index in [1.54, 1.807) is 12.1 Å². The van der Waals surface area contributed by atoms with E-state index in [2.05, 4.69) is 0 Å². The predicted octanol–water partition coefficient (Wildman–Crippen LogP) is 3.59. The standard InChI is InChI=1S/C21H18N2O3S/c1-14-8-10-15(11-9-14)12-18-19(24)23(16-6-4-3-5-7-16)20(27-18)17(13-22)21(25)26-2/h3-11,18H,12H2,1-2H3/b20-17+. The van der Waals surface area contributed by atoms with E-state index >= 15 is 0 Å². The molecule has 1 unspecified atom stereocenters. The maximum Gasteiger partial charge on any atom is 0.351 e. The van der Waals surface area contributed by atoms with E-state index in [1.165, 1.54) is 23.8 Å². The molecule has 1 fully saturated rings. The zero-order valence-electron chi connectivity index (χ0n) is 15.0. The summed E-state index contributed by atoms with van der Waals surface area (Å²) in [6.07, 6.45) is 0.510. The van der Waals surface area contributed by atoms with E-state index in [1.807, 2.05) is 55.5 Å². The first-order valence-electron chi connectivity index (χ1n) is 8.39. The summed E-state index contributed by atoms with van der Waals surface area (Å²) in [6.45, 7) is 2.01. The number of hydrogen-bond acceptors (Lipinski definition) is 5. The molecule has 2 aromatic carbocycles. The number of esters is 1. The van der Waals surface area contributed by atoms with Crippen LogP contribution in [0.2, 0.25) is 0 Å². The van der Waals surface area contributed by atoms with Crippen molar-refractivity contribution in [3.8, 4) is 6.07 Å². The highest BCUT2D eigenvalue weighted by atomic mass is 32.2. The number of para-hydroxylation sites is 1. The first kappa shape index (κ1) is 18.7. The normalized spacial score (nSPS) is 18.2. The third kappa shape index (κ3) is 3.88. The zero-order chi connectivity index (χ0) is 19.4. The number of rotatable bonds is 4. The Labute approximate surface area is 162 Å². The van der Waals surface area contributed by atoms with Crippen LogP contribution in [0.1, 0.15) is 11.1 Å². The van der Waals surface area contributed by atoms with Gasteiger partial charge in [-0.1, -0.05) is 59.8 Å². The monoisotopic (exact) mass is 378 g/mol. The predicted molar refractivity (Wildman–Crippen MR) is 105 cm³/mol. The molecule has 1 amide bonds. The van der Waals surface area contributed by atoms with E-state index in [0.29, 0.717) is 17.1 Å². The van der Waals surface area contributed by atoms with Crippen LogP contribution in [-0.4, -0.2) is 24.2 Å². The highest BCUT2D eigenvalue weighted by molar-refractivity contribution is 8.05. The quantitative estimate of drug-likeness (QED) is 0.462. The summed E-state index contributed by atoms with van der Waals surface area (Å²) >= 11 is 1.23. The van der Waals surface area contributed by atoms with Crippen LogP contribution in [0.4, 0.5) is 5.69 Å². The molecule has 1 aliphatic rings. The Morgan fingerprint density at radius 1 is 1.19 bits per heavy atom. The Bertz CT molecular complexity index is 930. The molecule has 0 aromatic heterocycles. The summed E-state index contributed by atoms with van der Waals surface area (Å²) in [7, 11) is 1.22. The summed E-state index contributed by atoms with van der Waals surface area (Å²) in [4.78, 5) is 26.6. The number of nitrogens with zero attached hydrogens (tertiary/aromatic N) is 2. The van der Waals surface area contributed by atoms with E-state index in [9.17, 15) is 14.9 Å². The maximum absolute atomic E-state index is 13.1. The Balaban J connectivity index is 2.02. The number of ether oxygens (including phenoxy) is 1. The van der Waals surface area contributed by atoms with Crippen molar-refractivity contribution in [3.63, 3.8) is 0 Å². The third-order valence-corrected chi connectivity index (χ3v) is 5.49. The van der Waals surface area contributed by atoms with Crippen LogP contribution in [0, 0.1) is 18.3 Å². The molecule has 27 heavy (non-hydrogen) atoms. The van der Waals surface area contributed by atoms with Gasteiger partial charge in [-0.05, 0) is 31.0 Å². The van der Waals surface area contributed by atoms with E-state index in [-0.39, 0.29) is 11.5 Å². The summed E-state index contributed by atoms with van der Waals surface area (Å²) in [5.74, 6) is -0.900. The first-order valence-corrected chi connectivity index (χ1v) is 9.27. The lowest BCUT2D eigenvalue weighted by molar-refractivity contribution is -0.135. The van der Waals surface area contributed by atoms with Crippen LogP contribution in [0.15, 0.2) is 65.2 Å². The fraction of sp³-hybridized carbons (Fsp3) is 0.190. The van der Waals surface area contributed by atoms with Gasteiger partial charge in [-0.25, -0.2) is 4.79 Å². The number of aryl methyl sites for hydroxylation is 1. The molecule has 0 aliphatic carbocycles. The van der Waals surface area contributed by atoms with E-state index in [0.717, 1.165) is 11.1 Å². The number of thioether (sulfide) groups is 1. The molecule has 1 heterocycles. The number of carbonyl (C=O) groups is 2. The van der Waals surface area contributed by atoms with Crippen LogP contribution < -0.4 is 4.90 Å². The van der Waals surface area contributed by atoms with Crippen molar-refractivity contribution in [3.05, 3.63) is 76.3 Å². The molecule has 1 aliphatic heterocycles. The minimum Gasteiger partial charge on any atom is -0.465 e. The number of carbonyl (C=O) groups excluding carboxylic acids is 2. The molecule has 0 radical (unpaired) electrons. The lowest BCUT2D eigenvalue weighted by atomic mass is 10.1. The van der Waals surface area contributed by atoms with Gasteiger partial charge in [0.15, 0.2) is 5.57 Å². The molecule has 2 aromatic rings. The average Bonchev–Trinajstić information content (AvgIpc) is 3.00. The second-order valence-electron chi connectivity index (χ2n) is 6.09. The van der Waals surface area contributed by atoms with Gasteiger partial charge in [-0.3, -0.25) is 9.69 Å². The zero-order valence-corrected chi connectivity index (χ0v) is 15.8. The molecule has 5 nitrogen and oxygen atoms in total. The van der Waals surface area contributed by atoms with E-state index in [4.69, 9.17) is 4.74 Å². The van der Waals surface area contributed by atoms with Gasteiger partial charge in [0.2, 0.25) is 5.91 Å². The van der Waals surface area contributed by atoms with Gasteiger partial charge in [-0.15, -0.1) is 0 Å². The summed E-state index contributed by atoms with van der Waals surface area (Å²) in [6, 6.07) is 18.9. The highest BCUT2D eigenvalue weighted by Gasteiger charge is 2.40. The molecule has 1 atom stereocenters. The van der Waals surface area contributed by atoms with Crippen LogP contribution in [0.5, 0.6) is 0 Å². The van der Waals surface area contributed by atoms with E-state index < -0.39 is 11.2 Å². The number of methoxy groups -OCH3 is 1. The SMILES string of the molecule is COC(=O)/C(C#N)=C1/SC(Cc2ccc(C)cc2)C(=O)N1c1ccccc1. The van der Waals surface area contributed by atoms with Crippen LogP contribution in [0.3, 0.4) is 0 Å². The molecule has 6 heteroatoms. The number of nitriles is 1. The minimum absolute atomic E-state index is 0.154. The summed E-state index contributed by atoms with van der Waals surface area (Å²) < 4.78 is 4.73. The van der Waals surface area contributed by atoms with Crippen LogP contribution in [-0.2, 0) is 20.7 Å². The molecule has 0 N–H and O–H groups in total. The van der Waals surface area contributed by atoms with Gasteiger partial charge < -0.3 is 4.74 Å². The number of amides is 1. The van der Waals surface area contributed by atoms with Gasteiger partial charge in [0, 0.05) is 5.69 Å². The van der Waals surface area contributed by atoms with Crippen molar-refractivity contribution in [1.29, 1.82) is 5.26 Å². The molecule has 1 saturated heterocycles. The van der Waals surface area contributed by atoms with Crippen molar-refractivity contribution in [2.45, 2.75) is 18.6 Å². The van der Waals surface area contributed by atoms with Crippen molar-refractivity contribution < 1.29 is 14.3 Å². The van der Waals surface area contributed by atoms with Crippen molar-refractivity contribution in [1.82, 2.24) is 0 Å². The maximum atomic E-state index is 13.1. The molecular formula is C21H18N2O3S. The van der Waals surface area contributed by atoms with Crippen molar-refractivity contribution in [2.75, 3.05) is 12.0 Å². The second-order valence-corrected chi connectivity index (χ2v) is 7.28. The van der Waals surface area contributed by atoms with Gasteiger partial charge in [0.1, 0.15) is 11.1 Å². The first-order chi connectivity index (χ1) is 13.0. The fourth-order valence-electron chi connectivity index (χ4n) is 2.82. The lowest BCUT2D eigenvalue weighted by Gasteiger charge is -2.18. The molecule has 3 rings (SSSR count). The molecule has 0 spiro atoms. The summed E-state index contributed by atoms with van der Waals surface area (Å²) in [5.41, 5.74) is 2.63. The molecule has 0 saturated carbocycles. The Hall–Kier alpha value is -3.04. The number of hydrogen-bond donors (Lipinski definition) is 0. The van der Waals surface area contributed by atoms with Gasteiger partial charge in [0.05, 0.1) is 12.4 Å². The number of anilines is 1. The Morgan fingerprint density at radius 2 is 1.85 bits per heavy atom. The van der Waals surface area contributed by atoms with Crippen molar-refractivity contribution in [2.24, 2.45) is 0 Å². The lowest BCUT2D eigenvalue weighted by Crippen LogP contribution is -2.30. The largest absolute Gasteiger partial charge is 0.465 e. The summed E-state index contributed by atoms with van der Waals surface area (Å²) in [5, 5.41) is 9.38. The third-order valence-electron chi connectivity index (χ3n) is 4.22. The van der Waals surface area contributed by atoms with Gasteiger partial charge in [-0.2, -0.15) is 5.26 Å². The topological polar surface area (TPSA) is 70.4 Å². The molecule has 0 bridgehead atoms. The number of benzene rings is 2. The van der Waals surface area contributed by atoms with Gasteiger partial charge >= 0.3 is 5.97 Å². The van der Waals surface area contributed by atoms with Gasteiger partial charge in [0.25, 0.3) is 0 Å². The Kier molecular flexibility index (Phi) is 5.63. The van der Waals surface area contributed by atoms with Crippen LogP contribution in [0.25, 0.3) is 0 Å². The average molecular weight is 378 g/mol. The highest BCUT2D eigenvalue weighted by Crippen LogP contribution is 2.41. The fourth-order valence-corrected chi connectivity index (χ4v) is 4.12. The Morgan fingerprint density at radius 3 is 2.44 bits per heavy atom. The minimum atomic E-state index is -0.746. The van der Waals surface area contributed by atoms with Crippen molar-refractivity contribution >= 4 is 29.3 Å². The molecular weight excluding hydrogens is 360 g/mol. The second kappa shape index (κ2) is 8.11.